The van der Waals surface area contributed by atoms with Gasteiger partial charge in [-0.2, -0.15) is 0 Å². The number of nitrogens with one attached hydrogen (secondary N) is 1. The molecule has 1 aliphatic rings. The van der Waals surface area contributed by atoms with Gasteiger partial charge < -0.3 is 5.32 Å². The lowest BCUT2D eigenvalue weighted by Crippen LogP contribution is -2.27. The molecule has 2 rings (SSSR count). The van der Waals surface area contributed by atoms with Crippen LogP contribution < -0.4 is 5.32 Å². The van der Waals surface area contributed by atoms with E-state index in [0.717, 1.165) is 24.8 Å². The number of pyridine rings is 1. The Balaban J connectivity index is 1.99. The maximum atomic E-state index is 4.44. The lowest BCUT2D eigenvalue weighted by molar-refractivity contribution is 0.255. The first-order chi connectivity index (χ1) is 8.83. The van der Waals surface area contributed by atoms with Crippen molar-refractivity contribution in [1.29, 1.82) is 0 Å². The van der Waals surface area contributed by atoms with Gasteiger partial charge in [-0.25, -0.2) is 4.98 Å². The summed E-state index contributed by atoms with van der Waals surface area (Å²) in [6.45, 7) is 8.78. The van der Waals surface area contributed by atoms with Gasteiger partial charge in [0.2, 0.25) is 0 Å². The van der Waals surface area contributed by atoms with Crippen molar-refractivity contribution in [1.82, 2.24) is 9.88 Å². The molecule has 0 aliphatic heterocycles. The van der Waals surface area contributed by atoms with Crippen LogP contribution in [-0.2, 0) is 6.54 Å². The molecule has 1 saturated carbocycles. The molecule has 0 bridgehead atoms. The van der Waals surface area contributed by atoms with Crippen molar-refractivity contribution in [3.05, 3.63) is 23.9 Å². The quantitative estimate of drug-likeness (QED) is 0.765. The number of anilines is 1. The average Bonchev–Trinajstić information content (AvgIpc) is 3.16. The van der Waals surface area contributed by atoms with Crippen LogP contribution in [0.25, 0.3) is 0 Å². The Morgan fingerprint density at radius 1 is 1.39 bits per heavy atom. The zero-order chi connectivity index (χ0) is 12.8. The van der Waals surface area contributed by atoms with E-state index in [9.17, 15) is 0 Å². The summed E-state index contributed by atoms with van der Waals surface area (Å²) in [4.78, 5) is 7.02. The van der Waals surface area contributed by atoms with Gasteiger partial charge in [-0.15, -0.1) is 0 Å². The number of hydrogen-bond acceptors (Lipinski definition) is 3. The van der Waals surface area contributed by atoms with E-state index in [1.54, 1.807) is 0 Å². The van der Waals surface area contributed by atoms with Crippen LogP contribution in [-0.4, -0.2) is 29.5 Å². The highest BCUT2D eigenvalue weighted by atomic mass is 15.1. The SMILES string of the molecule is CCCN(Cc1cccnc1NCC)CC1CC1. The largest absolute Gasteiger partial charge is 0.370 e. The van der Waals surface area contributed by atoms with Crippen LogP contribution >= 0.6 is 0 Å². The van der Waals surface area contributed by atoms with Gasteiger partial charge in [0.15, 0.2) is 0 Å². The first kappa shape index (κ1) is 13.3. The Morgan fingerprint density at radius 3 is 2.89 bits per heavy atom. The van der Waals surface area contributed by atoms with E-state index in [1.165, 1.54) is 37.9 Å². The van der Waals surface area contributed by atoms with Gasteiger partial charge in [-0.3, -0.25) is 4.90 Å². The zero-order valence-electron chi connectivity index (χ0n) is 11.7. The molecule has 1 aromatic heterocycles. The second-order valence-corrected chi connectivity index (χ2v) is 5.22. The van der Waals surface area contributed by atoms with Crippen molar-refractivity contribution in [2.24, 2.45) is 5.92 Å². The normalized spacial score (nSPS) is 15.1. The minimum absolute atomic E-state index is 0.931. The Labute approximate surface area is 111 Å². The summed E-state index contributed by atoms with van der Waals surface area (Å²) in [7, 11) is 0. The maximum Gasteiger partial charge on any atom is 0.130 e. The monoisotopic (exact) mass is 247 g/mol. The molecule has 18 heavy (non-hydrogen) atoms. The van der Waals surface area contributed by atoms with E-state index < -0.39 is 0 Å². The third-order valence-electron chi connectivity index (χ3n) is 3.38. The molecule has 3 nitrogen and oxygen atoms in total. The first-order valence-corrected chi connectivity index (χ1v) is 7.23. The minimum atomic E-state index is 0.931. The van der Waals surface area contributed by atoms with Crippen LogP contribution in [0.5, 0.6) is 0 Å². The molecule has 1 aromatic rings. The summed E-state index contributed by atoms with van der Waals surface area (Å²) in [5, 5.41) is 3.35. The predicted molar refractivity (Wildman–Crippen MR) is 76.7 cm³/mol. The fraction of sp³-hybridized carbons (Fsp3) is 0.667. The predicted octanol–water partition coefficient (Wildman–Crippen LogP) is 3.14. The highest BCUT2D eigenvalue weighted by Crippen LogP contribution is 2.30. The van der Waals surface area contributed by atoms with Crippen LogP contribution in [0.15, 0.2) is 18.3 Å². The number of nitrogens with zero attached hydrogens (tertiary/aromatic N) is 2. The third-order valence-corrected chi connectivity index (χ3v) is 3.38. The molecule has 0 amide bonds. The van der Waals surface area contributed by atoms with E-state index in [4.69, 9.17) is 0 Å². The second-order valence-electron chi connectivity index (χ2n) is 5.22. The Kier molecular flexibility index (Phi) is 5.00. The van der Waals surface area contributed by atoms with E-state index in [-0.39, 0.29) is 0 Å². The van der Waals surface area contributed by atoms with Crippen molar-refractivity contribution in [2.45, 2.75) is 39.7 Å². The molecule has 0 spiro atoms. The molecule has 1 fully saturated rings. The molecule has 1 aliphatic carbocycles. The zero-order valence-corrected chi connectivity index (χ0v) is 11.7. The maximum absolute atomic E-state index is 4.44. The van der Waals surface area contributed by atoms with Crippen molar-refractivity contribution in [2.75, 3.05) is 25.0 Å². The minimum Gasteiger partial charge on any atom is -0.370 e. The molecule has 0 radical (unpaired) electrons. The Morgan fingerprint density at radius 2 is 2.22 bits per heavy atom. The van der Waals surface area contributed by atoms with E-state index in [2.05, 4.69) is 35.1 Å². The summed E-state index contributed by atoms with van der Waals surface area (Å²) >= 11 is 0. The van der Waals surface area contributed by atoms with Gasteiger partial charge in [-0.05, 0) is 44.7 Å². The van der Waals surface area contributed by atoms with Gasteiger partial charge in [0.05, 0.1) is 0 Å². The lowest BCUT2D eigenvalue weighted by atomic mass is 10.2. The summed E-state index contributed by atoms with van der Waals surface area (Å²) < 4.78 is 0. The van der Waals surface area contributed by atoms with E-state index in [0.29, 0.717) is 0 Å². The average molecular weight is 247 g/mol. The van der Waals surface area contributed by atoms with Gasteiger partial charge in [0.1, 0.15) is 5.82 Å². The molecule has 100 valence electrons. The fourth-order valence-electron chi connectivity index (χ4n) is 2.35. The van der Waals surface area contributed by atoms with E-state index in [1.807, 2.05) is 12.3 Å². The number of hydrogen-bond donors (Lipinski definition) is 1. The summed E-state index contributed by atoms with van der Waals surface area (Å²) in [5.41, 5.74) is 1.33. The molecule has 1 N–H and O–H groups in total. The van der Waals surface area contributed by atoms with Crippen LogP contribution in [0.2, 0.25) is 0 Å². The topological polar surface area (TPSA) is 28.2 Å². The van der Waals surface area contributed by atoms with Gasteiger partial charge in [0, 0.05) is 31.4 Å². The van der Waals surface area contributed by atoms with Crippen molar-refractivity contribution >= 4 is 5.82 Å². The molecule has 3 heteroatoms. The summed E-state index contributed by atoms with van der Waals surface area (Å²) in [6, 6.07) is 4.23. The van der Waals surface area contributed by atoms with Gasteiger partial charge >= 0.3 is 0 Å². The Hall–Kier alpha value is -1.09. The first-order valence-electron chi connectivity index (χ1n) is 7.23. The number of aromatic nitrogens is 1. The molecular formula is C15H25N3. The molecule has 0 unspecified atom stereocenters. The molecule has 0 aromatic carbocycles. The van der Waals surface area contributed by atoms with Crippen molar-refractivity contribution in [3.63, 3.8) is 0 Å². The van der Waals surface area contributed by atoms with E-state index >= 15 is 0 Å². The van der Waals surface area contributed by atoms with Gasteiger partial charge in [0.25, 0.3) is 0 Å². The molecule has 1 heterocycles. The number of rotatable bonds is 8. The molecular weight excluding hydrogens is 222 g/mol. The highest BCUT2D eigenvalue weighted by molar-refractivity contribution is 5.43. The standard InChI is InChI=1S/C15H25N3/c1-3-10-18(11-13-7-8-13)12-14-6-5-9-17-15(14)16-4-2/h5-6,9,13H,3-4,7-8,10-12H2,1-2H3,(H,16,17). The highest BCUT2D eigenvalue weighted by Gasteiger charge is 2.24. The van der Waals surface area contributed by atoms with Crippen LogP contribution in [0.4, 0.5) is 5.82 Å². The van der Waals surface area contributed by atoms with Crippen molar-refractivity contribution < 1.29 is 0 Å². The second kappa shape index (κ2) is 6.74. The summed E-state index contributed by atoms with van der Waals surface area (Å²) in [5.74, 6) is 2.01. The van der Waals surface area contributed by atoms with Gasteiger partial charge in [-0.1, -0.05) is 13.0 Å². The third kappa shape index (κ3) is 3.98. The fourth-order valence-corrected chi connectivity index (χ4v) is 2.35. The summed E-state index contributed by atoms with van der Waals surface area (Å²) in [6.07, 6.45) is 5.94. The molecule has 0 atom stereocenters. The Bertz CT molecular complexity index is 361. The van der Waals surface area contributed by atoms with Crippen molar-refractivity contribution in [3.8, 4) is 0 Å². The van der Waals surface area contributed by atoms with Crippen LogP contribution in [0.3, 0.4) is 0 Å². The van der Waals surface area contributed by atoms with Crippen LogP contribution in [0, 0.1) is 5.92 Å². The molecule has 0 saturated heterocycles. The smallest absolute Gasteiger partial charge is 0.130 e. The lowest BCUT2D eigenvalue weighted by Gasteiger charge is -2.22. The van der Waals surface area contributed by atoms with Crippen LogP contribution in [0.1, 0.15) is 38.7 Å².